The van der Waals surface area contributed by atoms with E-state index in [0.717, 1.165) is 43.3 Å². The van der Waals surface area contributed by atoms with Crippen molar-refractivity contribution in [1.29, 1.82) is 0 Å². The summed E-state index contributed by atoms with van der Waals surface area (Å²) < 4.78 is 0. The number of carbonyl (C=O) groups is 1. The molecule has 0 aromatic rings. The fraction of sp³-hybridized carbons (Fsp3) is 0.923. The first-order chi connectivity index (χ1) is 7.84. The average molecular weight is 220 g/mol. The first-order valence-corrected chi connectivity index (χ1v) is 6.83. The Morgan fingerprint density at radius 2 is 1.88 bits per heavy atom. The van der Waals surface area contributed by atoms with Crippen molar-refractivity contribution in [2.75, 3.05) is 19.6 Å². The van der Waals surface area contributed by atoms with Gasteiger partial charge in [-0.05, 0) is 42.9 Å². The summed E-state index contributed by atoms with van der Waals surface area (Å²) in [4.78, 5) is 12.1. The molecule has 4 atom stereocenters. The fourth-order valence-corrected chi connectivity index (χ4v) is 4.53. The minimum Gasteiger partial charge on any atom is -0.355 e. The largest absolute Gasteiger partial charge is 0.355 e. The molecule has 88 valence electrons. The number of rotatable bonds is 3. The molecule has 3 saturated carbocycles. The van der Waals surface area contributed by atoms with E-state index in [2.05, 4.69) is 10.6 Å². The molecule has 1 saturated heterocycles. The van der Waals surface area contributed by atoms with Crippen LogP contribution in [0.4, 0.5) is 0 Å². The summed E-state index contributed by atoms with van der Waals surface area (Å²) in [6.45, 7) is 3.07. The second-order valence-electron chi connectivity index (χ2n) is 6.28. The lowest BCUT2D eigenvalue weighted by Crippen LogP contribution is -2.48. The van der Waals surface area contributed by atoms with E-state index in [9.17, 15) is 4.79 Å². The highest BCUT2D eigenvalue weighted by atomic mass is 16.2. The summed E-state index contributed by atoms with van der Waals surface area (Å²) in [5.41, 5.74) is 0. The third-order valence-electron chi connectivity index (χ3n) is 5.47. The first-order valence-electron chi connectivity index (χ1n) is 6.83. The summed E-state index contributed by atoms with van der Waals surface area (Å²) in [6.07, 6.45) is 4.25. The van der Waals surface area contributed by atoms with Gasteiger partial charge in [0, 0.05) is 31.5 Å². The van der Waals surface area contributed by atoms with Crippen molar-refractivity contribution in [1.82, 2.24) is 10.6 Å². The molecule has 3 nitrogen and oxygen atoms in total. The Hall–Kier alpha value is -0.570. The van der Waals surface area contributed by atoms with E-state index in [1.165, 1.54) is 19.3 Å². The van der Waals surface area contributed by atoms with Crippen LogP contribution in [-0.4, -0.2) is 25.5 Å². The molecule has 0 aromatic heterocycles. The maximum absolute atomic E-state index is 12.1. The molecule has 0 radical (unpaired) electrons. The normalized spacial score (nSPS) is 48.6. The zero-order chi connectivity index (χ0) is 10.7. The number of nitrogens with one attached hydrogen (secondary N) is 2. The number of fused-ring (bicyclic) bond motifs is 5. The molecule has 0 spiro atoms. The standard InChI is InChI=1S/C13H20N2O/c16-13(15-6-7-4-14-5-7)12-10-8-1-2-9(3-8)11(10)12/h7-12,14H,1-6H2,(H,15,16). The van der Waals surface area contributed by atoms with Gasteiger partial charge in [-0.2, -0.15) is 0 Å². The van der Waals surface area contributed by atoms with Crippen LogP contribution in [0.1, 0.15) is 19.3 Å². The highest BCUT2D eigenvalue weighted by molar-refractivity contribution is 5.82. The molecule has 4 rings (SSSR count). The zero-order valence-corrected chi connectivity index (χ0v) is 9.61. The van der Waals surface area contributed by atoms with Gasteiger partial charge >= 0.3 is 0 Å². The van der Waals surface area contributed by atoms with Gasteiger partial charge in [0.1, 0.15) is 0 Å². The molecule has 4 aliphatic rings. The Morgan fingerprint density at radius 3 is 2.44 bits per heavy atom. The van der Waals surface area contributed by atoms with Crippen molar-refractivity contribution >= 4 is 5.91 Å². The molecular weight excluding hydrogens is 200 g/mol. The van der Waals surface area contributed by atoms with E-state index in [0.29, 0.717) is 17.7 Å². The zero-order valence-electron chi connectivity index (χ0n) is 9.61. The van der Waals surface area contributed by atoms with Gasteiger partial charge in [0.2, 0.25) is 5.91 Å². The Bertz CT molecular complexity index is 310. The maximum Gasteiger partial charge on any atom is 0.223 e. The SMILES string of the molecule is O=C(NCC1CNC1)C1C2C3CCC(C3)C12. The lowest BCUT2D eigenvalue weighted by molar-refractivity contribution is -0.123. The topological polar surface area (TPSA) is 41.1 Å². The van der Waals surface area contributed by atoms with Crippen LogP contribution in [0.5, 0.6) is 0 Å². The second-order valence-corrected chi connectivity index (χ2v) is 6.28. The Kier molecular flexibility index (Phi) is 1.90. The van der Waals surface area contributed by atoms with Crippen molar-refractivity contribution in [3.63, 3.8) is 0 Å². The number of hydrogen-bond acceptors (Lipinski definition) is 2. The quantitative estimate of drug-likeness (QED) is 0.732. The molecule has 1 amide bonds. The van der Waals surface area contributed by atoms with E-state index in [-0.39, 0.29) is 0 Å². The van der Waals surface area contributed by atoms with Crippen molar-refractivity contribution in [2.45, 2.75) is 19.3 Å². The highest BCUT2D eigenvalue weighted by Gasteiger charge is 2.67. The van der Waals surface area contributed by atoms with Gasteiger partial charge in [-0.15, -0.1) is 0 Å². The third-order valence-corrected chi connectivity index (χ3v) is 5.47. The van der Waals surface area contributed by atoms with Gasteiger partial charge in [0.15, 0.2) is 0 Å². The molecule has 1 aliphatic heterocycles. The van der Waals surface area contributed by atoms with E-state index >= 15 is 0 Å². The Labute approximate surface area is 96.4 Å². The predicted molar refractivity (Wildman–Crippen MR) is 60.7 cm³/mol. The van der Waals surface area contributed by atoms with Crippen LogP contribution >= 0.6 is 0 Å². The van der Waals surface area contributed by atoms with E-state index < -0.39 is 0 Å². The van der Waals surface area contributed by atoms with Crippen LogP contribution in [0.2, 0.25) is 0 Å². The van der Waals surface area contributed by atoms with E-state index in [4.69, 9.17) is 0 Å². The van der Waals surface area contributed by atoms with E-state index in [1.54, 1.807) is 0 Å². The van der Waals surface area contributed by atoms with Gasteiger partial charge in [-0.1, -0.05) is 0 Å². The van der Waals surface area contributed by atoms with Crippen LogP contribution in [-0.2, 0) is 4.79 Å². The van der Waals surface area contributed by atoms with Gasteiger partial charge in [-0.25, -0.2) is 0 Å². The molecule has 2 bridgehead atoms. The van der Waals surface area contributed by atoms with Crippen molar-refractivity contribution < 1.29 is 4.79 Å². The van der Waals surface area contributed by atoms with E-state index in [1.807, 2.05) is 0 Å². The van der Waals surface area contributed by atoms with Crippen LogP contribution < -0.4 is 10.6 Å². The molecule has 3 aliphatic carbocycles. The van der Waals surface area contributed by atoms with Crippen molar-refractivity contribution in [3.05, 3.63) is 0 Å². The molecule has 2 N–H and O–H groups in total. The Balaban J connectivity index is 1.33. The van der Waals surface area contributed by atoms with Crippen LogP contribution in [0.25, 0.3) is 0 Å². The van der Waals surface area contributed by atoms with Crippen LogP contribution in [0.15, 0.2) is 0 Å². The molecule has 4 unspecified atom stereocenters. The monoisotopic (exact) mass is 220 g/mol. The van der Waals surface area contributed by atoms with Gasteiger partial charge in [-0.3, -0.25) is 4.79 Å². The smallest absolute Gasteiger partial charge is 0.223 e. The molecular formula is C13H20N2O. The minimum atomic E-state index is 0.374. The molecule has 16 heavy (non-hydrogen) atoms. The van der Waals surface area contributed by atoms with Gasteiger partial charge < -0.3 is 10.6 Å². The maximum atomic E-state index is 12.1. The number of hydrogen-bond donors (Lipinski definition) is 2. The average Bonchev–Trinajstić information content (AvgIpc) is 2.66. The summed E-state index contributed by atoms with van der Waals surface area (Å²) in [5.74, 6) is 4.89. The molecule has 4 fully saturated rings. The van der Waals surface area contributed by atoms with Crippen LogP contribution in [0, 0.1) is 35.5 Å². The van der Waals surface area contributed by atoms with Gasteiger partial charge in [0.25, 0.3) is 0 Å². The van der Waals surface area contributed by atoms with Crippen molar-refractivity contribution in [3.8, 4) is 0 Å². The lowest BCUT2D eigenvalue weighted by Gasteiger charge is -2.27. The predicted octanol–water partition coefficient (Wildman–Crippen LogP) is 0.614. The summed E-state index contributed by atoms with van der Waals surface area (Å²) in [7, 11) is 0. The highest BCUT2D eigenvalue weighted by Crippen LogP contribution is 2.69. The fourth-order valence-electron chi connectivity index (χ4n) is 4.53. The Morgan fingerprint density at radius 1 is 1.19 bits per heavy atom. The number of carbonyl (C=O) groups excluding carboxylic acids is 1. The summed E-state index contributed by atoms with van der Waals surface area (Å²) in [5, 5.41) is 6.41. The number of amides is 1. The van der Waals surface area contributed by atoms with Gasteiger partial charge in [0.05, 0.1) is 0 Å². The first kappa shape index (κ1) is 9.46. The molecule has 0 aromatic carbocycles. The van der Waals surface area contributed by atoms with Crippen molar-refractivity contribution in [2.24, 2.45) is 35.5 Å². The molecule has 3 heteroatoms. The second kappa shape index (κ2) is 3.22. The summed E-state index contributed by atoms with van der Waals surface area (Å²) >= 11 is 0. The third kappa shape index (κ3) is 1.21. The molecule has 1 heterocycles. The van der Waals surface area contributed by atoms with Crippen LogP contribution in [0.3, 0.4) is 0 Å². The summed E-state index contributed by atoms with van der Waals surface area (Å²) in [6, 6.07) is 0. The minimum absolute atomic E-state index is 0.374. The lowest BCUT2D eigenvalue weighted by atomic mass is 10.0.